The number of halogens is 3. The summed E-state index contributed by atoms with van der Waals surface area (Å²) in [5, 5.41) is 0. The Bertz CT molecular complexity index is 417. The third kappa shape index (κ3) is 4.23. The molecule has 1 rings (SSSR count). The summed E-state index contributed by atoms with van der Waals surface area (Å²) in [5.74, 6) is -0.243. The largest absolute Gasteiger partial charge is 0.383 e. The van der Waals surface area contributed by atoms with Gasteiger partial charge in [0.25, 0.3) is 5.91 Å². The van der Waals surface area contributed by atoms with Gasteiger partial charge in [0.1, 0.15) is 5.82 Å². The molecule has 0 aliphatic carbocycles. The number of benzene rings is 1. The molecule has 1 aromatic carbocycles. The third-order valence-corrected chi connectivity index (χ3v) is 3.19. The molecule has 1 aromatic rings. The highest BCUT2D eigenvalue weighted by Gasteiger charge is 2.17. The molecule has 3 nitrogen and oxygen atoms in total. The highest BCUT2D eigenvalue weighted by molar-refractivity contribution is 9.10. The molecule has 0 atom stereocenters. The van der Waals surface area contributed by atoms with Crippen LogP contribution in [0.1, 0.15) is 10.4 Å². The van der Waals surface area contributed by atoms with E-state index < -0.39 is 0 Å². The van der Waals surface area contributed by atoms with Crippen LogP contribution in [0.25, 0.3) is 0 Å². The van der Waals surface area contributed by atoms with Crippen LogP contribution in [0.4, 0.5) is 4.39 Å². The summed E-state index contributed by atoms with van der Waals surface area (Å²) in [7, 11) is 1.57. The maximum Gasteiger partial charge on any atom is 0.255 e. The Hall–Kier alpha value is -0.650. The van der Waals surface area contributed by atoms with Crippen LogP contribution in [-0.2, 0) is 4.74 Å². The van der Waals surface area contributed by atoms with Gasteiger partial charge >= 0.3 is 0 Å². The average molecular weight is 339 g/mol. The normalized spacial score (nSPS) is 10.4. The van der Waals surface area contributed by atoms with E-state index in [4.69, 9.17) is 16.3 Å². The second-order valence-corrected chi connectivity index (χ2v) is 4.83. The van der Waals surface area contributed by atoms with Crippen molar-refractivity contribution in [2.75, 3.05) is 32.7 Å². The van der Waals surface area contributed by atoms with Gasteiger partial charge in [-0.3, -0.25) is 4.79 Å². The van der Waals surface area contributed by atoms with E-state index in [0.29, 0.717) is 35.6 Å². The van der Waals surface area contributed by atoms with Crippen molar-refractivity contribution < 1.29 is 13.9 Å². The lowest BCUT2D eigenvalue weighted by Gasteiger charge is -2.21. The van der Waals surface area contributed by atoms with Crippen molar-refractivity contribution in [1.29, 1.82) is 0 Å². The zero-order chi connectivity index (χ0) is 13.5. The second kappa shape index (κ2) is 7.71. The topological polar surface area (TPSA) is 29.5 Å². The summed E-state index contributed by atoms with van der Waals surface area (Å²) in [6.07, 6.45) is 0. The van der Waals surface area contributed by atoms with Gasteiger partial charge in [0, 0.05) is 30.6 Å². The minimum atomic E-state index is -0.390. The maximum absolute atomic E-state index is 13.0. The number of ether oxygens (including phenoxy) is 1. The van der Waals surface area contributed by atoms with E-state index in [2.05, 4.69) is 15.9 Å². The van der Waals surface area contributed by atoms with E-state index in [-0.39, 0.29) is 11.7 Å². The smallest absolute Gasteiger partial charge is 0.255 e. The fourth-order valence-corrected chi connectivity index (χ4v) is 2.18. The SMILES string of the molecule is COCCN(CCCl)C(=O)c1ccc(F)cc1Br. The van der Waals surface area contributed by atoms with Gasteiger partial charge in [0.05, 0.1) is 12.2 Å². The lowest BCUT2D eigenvalue weighted by Crippen LogP contribution is -2.35. The number of carbonyl (C=O) groups excluding carboxylic acids is 1. The van der Waals surface area contributed by atoms with E-state index in [9.17, 15) is 9.18 Å². The molecule has 0 saturated carbocycles. The van der Waals surface area contributed by atoms with Gasteiger partial charge in [-0.05, 0) is 34.1 Å². The molecular weight excluding hydrogens is 324 g/mol. The van der Waals surface area contributed by atoms with E-state index in [0.717, 1.165) is 0 Å². The summed E-state index contributed by atoms with van der Waals surface area (Å²) < 4.78 is 18.3. The highest BCUT2D eigenvalue weighted by Crippen LogP contribution is 2.19. The van der Waals surface area contributed by atoms with Crippen molar-refractivity contribution >= 4 is 33.4 Å². The Balaban J connectivity index is 2.87. The van der Waals surface area contributed by atoms with Crippen molar-refractivity contribution in [1.82, 2.24) is 4.90 Å². The Morgan fingerprint density at radius 3 is 2.78 bits per heavy atom. The lowest BCUT2D eigenvalue weighted by atomic mass is 10.2. The quantitative estimate of drug-likeness (QED) is 0.747. The lowest BCUT2D eigenvalue weighted by molar-refractivity contribution is 0.0707. The van der Waals surface area contributed by atoms with Gasteiger partial charge in [-0.25, -0.2) is 4.39 Å². The van der Waals surface area contributed by atoms with E-state index in [1.807, 2.05) is 0 Å². The van der Waals surface area contributed by atoms with Gasteiger partial charge in [-0.1, -0.05) is 0 Å². The number of carbonyl (C=O) groups is 1. The van der Waals surface area contributed by atoms with Crippen molar-refractivity contribution in [3.8, 4) is 0 Å². The predicted molar refractivity (Wildman–Crippen MR) is 72.6 cm³/mol. The Morgan fingerprint density at radius 1 is 1.50 bits per heavy atom. The molecule has 0 aliphatic rings. The monoisotopic (exact) mass is 337 g/mol. The van der Waals surface area contributed by atoms with Crippen molar-refractivity contribution in [3.63, 3.8) is 0 Å². The number of nitrogens with zero attached hydrogens (tertiary/aromatic N) is 1. The van der Waals surface area contributed by atoms with Crippen molar-refractivity contribution in [2.24, 2.45) is 0 Å². The van der Waals surface area contributed by atoms with Gasteiger partial charge < -0.3 is 9.64 Å². The molecule has 0 heterocycles. The van der Waals surface area contributed by atoms with Crippen LogP contribution in [0.2, 0.25) is 0 Å². The van der Waals surface area contributed by atoms with E-state index in [1.165, 1.54) is 18.2 Å². The molecule has 100 valence electrons. The first-order valence-corrected chi connectivity index (χ1v) is 6.72. The van der Waals surface area contributed by atoms with Crippen LogP contribution < -0.4 is 0 Å². The van der Waals surface area contributed by atoms with Crippen LogP contribution in [0.15, 0.2) is 22.7 Å². The first-order chi connectivity index (χ1) is 8.60. The van der Waals surface area contributed by atoms with Crippen LogP contribution in [0.3, 0.4) is 0 Å². The number of hydrogen-bond acceptors (Lipinski definition) is 2. The molecule has 0 radical (unpaired) electrons. The van der Waals surface area contributed by atoms with Crippen LogP contribution in [0.5, 0.6) is 0 Å². The Kier molecular flexibility index (Phi) is 6.60. The number of amides is 1. The van der Waals surface area contributed by atoms with Crippen molar-refractivity contribution in [2.45, 2.75) is 0 Å². The zero-order valence-electron chi connectivity index (χ0n) is 9.96. The number of alkyl halides is 1. The molecule has 0 aromatic heterocycles. The fourth-order valence-electron chi connectivity index (χ4n) is 1.45. The Labute approximate surface area is 119 Å². The molecule has 1 amide bonds. The second-order valence-electron chi connectivity index (χ2n) is 3.60. The van der Waals surface area contributed by atoms with Gasteiger partial charge in [-0.15, -0.1) is 11.6 Å². The molecule has 0 fully saturated rings. The first kappa shape index (κ1) is 15.4. The third-order valence-electron chi connectivity index (χ3n) is 2.37. The predicted octanol–water partition coefficient (Wildman–Crippen LogP) is 2.92. The number of rotatable bonds is 6. The van der Waals surface area contributed by atoms with E-state index in [1.54, 1.807) is 12.0 Å². The zero-order valence-corrected chi connectivity index (χ0v) is 12.3. The van der Waals surface area contributed by atoms with E-state index >= 15 is 0 Å². The highest BCUT2D eigenvalue weighted by atomic mass is 79.9. The molecule has 0 saturated heterocycles. The van der Waals surface area contributed by atoms with Crippen LogP contribution >= 0.6 is 27.5 Å². The fraction of sp³-hybridized carbons (Fsp3) is 0.417. The Morgan fingerprint density at radius 2 is 2.22 bits per heavy atom. The minimum Gasteiger partial charge on any atom is -0.383 e. The number of methoxy groups -OCH3 is 1. The van der Waals surface area contributed by atoms with Crippen LogP contribution in [0, 0.1) is 5.82 Å². The summed E-state index contributed by atoms with van der Waals surface area (Å²) in [6.45, 7) is 1.31. The molecular formula is C12H14BrClFNO2. The number of hydrogen-bond donors (Lipinski definition) is 0. The molecule has 6 heteroatoms. The molecule has 0 spiro atoms. The summed E-state index contributed by atoms with van der Waals surface area (Å²) in [5.41, 5.74) is 0.414. The van der Waals surface area contributed by atoms with Crippen molar-refractivity contribution in [3.05, 3.63) is 34.1 Å². The summed E-state index contributed by atoms with van der Waals surface area (Å²) in [4.78, 5) is 13.8. The summed E-state index contributed by atoms with van der Waals surface area (Å²) in [6, 6.07) is 3.98. The van der Waals surface area contributed by atoms with Gasteiger partial charge in [-0.2, -0.15) is 0 Å². The minimum absolute atomic E-state index is 0.195. The molecule has 0 unspecified atom stereocenters. The van der Waals surface area contributed by atoms with Gasteiger partial charge in [0.2, 0.25) is 0 Å². The van der Waals surface area contributed by atoms with Crippen LogP contribution in [-0.4, -0.2) is 43.5 Å². The molecule has 0 N–H and O–H groups in total. The average Bonchev–Trinajstić information content (AvgIpc) is 2.33. The first-order valence-electron chi connectivity index (χ1n) is 5.39. The molecule has 0 bridgehead atoms. The molecule has 0 aliphatic heterocycles. The maximum atomic E-state index is 13.0. The molecule has 18 heavy (non-hydrogen) atoms. The van der Waals surface area contributed by atoms with Gasteiger partial charge in [0.15, 0.2) is 0 Å². The summed E-state index contributed by atoms with van der Waals surface area (Å²) >= 11 is 8.85. The standard InChI is InChI=1S/C12H14BrClFNO2/c1-18-7-6-16(5-4-14)12(17)10-3-2-9(15)8-11(10)13/h2-3,8H,4-7H2,1H3.